The first-order valence-corrected chi connectivity index (χ1v) is 7.29. The van der Waals surface area contributed by atoms with Crippen molar-refractivity contribution in [3.05, 3.63) is 58.7 Å². The second-order valence-corrected chi connectivity index (χ2v) is 5.73. The van der Waals surface area contributed by atoms with Gasteiger partial charge in [0.2, 0.25) is 0 Å². The topological polar surface area (TPSA) is 41.6 Å². The monoisotopic (exact) mass is 327 g/mol. The Morgan fingerprint density at radius 2 is 2.00 bits per heavy atom. The van der Waals surface area contributed by atoms with Crippen molar-refractivity contribution >= 4 is 39.7 Å². The van der Waals surface area contributed by atoms with E-state index < -0.39 is 0 Å². The van der Waals surface area contributed by atoms with Gasteiger partial charge in [0, 0.05) is 33.6 Å². The van der Waals surface area contributed by atoms with Crippen molar-refractivity contribution in [2.75, 3.05) is 0 Å². The van der Waals surface area contributed by atoms with Gasteiger partial charge < -0.3 is 0 Å². The van der Waals surface area contributed by atoms with Gasteiger partial charge >= 0.3 is 0 Å². The largest absolute Gasteiger partial charge is 0.266 e. The lowest BCUT2D eigenvalue weighted by Gasteiger charge is -2.06. The summed E-state index contributed by atoms with van der Waals surface area (Å²) in [5, 5.41) is 15.7. The molecule has 1 heterocycles. The average Bonchev–Trinajstić information content (AvgIpc) is 2.82. The number of aryl methyl sites for hydroxylation is 1. The summed E-state index contributed by atoms with van der Waals surface area (Å²) in [6, 6.07) is 13.2. The van der Waals surface area contributed by atoms with Crippen LogP contribution in [0.2, 0.25) is 10.0 Å². The maximum Gasteiger partial charge on any atom is 0.101 e. The number of rotatable bonds is 2. The maximum atomic E-state index is 9.13. The van der Waals surface area contributed by atoms with Crippen molar-refractivity contribution < 1.29 is 0 Å². The second kappa shape index (κ2) is 5.49. The van der Waals surface area contributed by atoms with E-state index >= 15 is 0 Å². The lowest BCUT2D eigenvalue weighted by molar-refractivity contribution is 0.769. The van der Waals surface area contributed by atoms with Crippen molar-refractivity contribution in [3.63, 3.8) is 0 Å². The lowest BCUT2D eigenvalue weighted by atomic mass is 10.0. The molecule has 22 heavy (non-hydrogen) atoms. The van der Waals surface area contributed by atoms with Gasteiger partial charge in [-0.3, -0.25) is 4.68 Å². The minimum atomic E-state index is 0.379. The van der Waals surface area contributed by atoms with Crippen LogP contribution in [0.15, 0.2) is 43.0 Å². The maximum absolute atomic E-state index is 9.13. The molecular weight excluding hydrogens is 317 g/mol. The van der Waals surface area contributed by atoms with Gasteiger partial charge in [-0.05, 0) is 12.1 Å². The second-order valence-electron chi connectivity index (χ2n) is 4.89. The molecule has 1 aromatic heterocycles. The van der Waals surface area contributed by atoms with Gasteiger partial charge in [-0.25, -0.2) is 0 Å². The minimum Gasteiger partial charge on any atom is -0.266 e. The molecule has 0 atom stereocenters. The summed E-state index contributed by atoms with van der Waals surface area (Å²) in [6.07, 6.45) is 0. The summed E-state index contributed by atoms with van der Waals surface area (Å²) < 4.78 is 1.67. The Morgan fingerprint density at radius 1 is 1.23 bits per heavy atom. The number of hydrogen-bond acceptors (Lipinski definition) is 2. The third kappa shape index (κ3) is 2.27. The first kappa shape index (κ1) is 14.6. The minimum absolute atomic E-state index is 0.379. The molecule has 3 rings (SSSR count). The summed E-state index contributed by atoms with van der Waals surface area (Å²) in [5.74, 6) is 0. The van der Waals surface area contributed by atoms with Gasteiger partial charge in [-0.15, -0.1) is 0 Å². The fraction of sp³-hybridized carbons (Fsp3) is 0.0588. The van der Waals surface area contributed by atoms with E-state index in [2.05, 4.69) is 17.7 Å². The molecule has 0 saturated heterocycles. The van der Waals surface area contributed by atoms with E-state index in [4.69, 9.17) is 28.5 Å². The number of nitrogens with zero attached hydrogens (tertiary/aromatic N) is 3. The van der Waals surface area contributed by atoms with Crippen molar-refractivity contribution in [2.24, 2.45) is 7.05 Å². The van der Waals surface area contributed by atoms with Crippen LogP contribution in [0.3, 0.4) is 0 Å². The first-order chi connectivity index (χ1) is 10.5. The Balaban J connectivity index is 2.33. The van der Waals surface area contributed by atoms with Crippen LogP contribution >= 0.6 is 23.2 Å². The summed E-state index contributed by atoms with van der Waals surface area (Å²) >= 11 is 12.3. The zero-order chi connectivity index (χ0) is 15.9. The van der Waals surface area contributed by atoms with Gasteiger partial charge in [-0.2, -0.15) is 10.4 Å². The number of allylic oxidation sites excluding steroid dienone is 1. The van der Waals surface area contributed by atoms with Crippen LogP contribution in [-0.4, -0.2) is 9.78 Å². The summed E-state index contributed by atoms with van der Waals surface area (Å²) in [4.78, 5) is 0. The molecule has 0 saturated carbocycles. The van der Waals surface area contributed by atoms with E-state index in [0.717, 1.165) is 22.0 Å². The van der Waals surface area contributed by atoms with E-state index in [1.165, 1.54) is 0 Å². The molecule has 0 aliphatic rings. The summed E-state index contributed by atoms with van der Waals surface area (Å²) in [7, 11) is 1.80. The van der Waals surface area contributed by atoms with E-state index in [1.54, 1.807) is 23.9 Å². The van der Waals surface area contributed by atoms with Gasteiger partial charge in [-0.1, -0.05) is 54.0 Å². The van der Waals surface area contributed by atoms with Crippen LogP contribution in [0.5, 0.6) is 0 Å². The third-order valence-electron chi connectivity index (χ3n) is 3.51. The Labute approximate surface area is 138 Å². The van der Waals surface area contributed by atoms with Crippen molar-refractivity contribution in [2.45, 2.75) is 0 Å². The standard InChI is InChI=1S/C17H11Cl2N3/c1-10(9-20)17-14-5-3-4-13(16(14)21-22(17)2)12-7-6-11(18)8-15(12)19/h3-8H,1H2,2H3. The molecule has 3 nitrogen and oxygen atoms in total. The highest BCUT2D eigenvalue weighted by atomic mass is 35.5. The highest BCUT2D eigenvalue weighted by Gasteiger charge is 2.16. The molecule has 3 aromatic rings. The van der Waals surface area contributed by atoms with E-state index in [-0.39, 0.29) is 0 Å². The molecule has 0 fully saturated rings. The Morgan fingerprint density at radius 3 is 2.68 bits per heavy atom. The SMILES string of the molecule is C=C(C#N)c1c2cccc(-c3ccc(Cl)cc3Cl)c2nn1C. The van der Waals surface area contributed by atoms with Gasteiger partial charge in [0.1, 0.15) is 11.6 Å². The van der Waals surface area contributed by atoms with Crippen LogP contribution in [-0.2, 0) is 7.05 Å². The third-order valence-corrected chi connectivity index (χ3v) is 4.05. The normalized spacial score (nSPS) is 10.6. The number of benzene rings is 2. The zero-order valence-corrected chi connectivity index (χ0v) is 13.3. The van der Waals surface area contributed by atoms with E-state index in [0.29, 0.717) is 21.3 Å². The summed E-state index contributed by atoms with van der Waals surface area (Å²) in [6.45, 7) is 3.79. The molecule has 108 valence electrons. The molecular formula is C17H11Cl2N3. The van der Waals surface area contributed by atoms with E-state index in [1.807, 2.05) is 24.3 Å². The molecule has 0 aliphatic carbocycles. The van der Waals surface area contributed by atoms with E-state index in [9.17, 15) is 0 Å². The number of nitriles is 1. The number of hydrogen-bond donors (Lipinski definition) is 0. The Bertz CT molecular complexity index is 948. The molecule has 0 radical (unpaired) electrons. The molecule has 0 aliphatic heterocycles. The highest BCUT2D eigenvalue weighted by Crippen LogP contribution is 2.36. The molecule has 0 unspecified atom stereocenters. The predicted octanol–water partition coefficient (Wildman–Crippen LogP) is 5.08. The van der Waals surface area contributed by atoms with Crippen LogP contribution in [0.25, 0.3) is 27.6 Å². The van der Waals surface area contributed by atoms with Gasteiger partial charge in [0.05, 0.1) is 11.3 Å². The zero-order valence-electron chi connectivity index (χ0n) is 11.8. The number of halogens is 2. The average molecular weight is 328 g/mol. The molecule has 0 spiro atoms. The number of aromatic nitrogens is 2. The first-order valence-electron chi connectivity index (χ1n) is 6.53. The van der Waals surface area contributed by atoms with Crippen LogP contribution in [0, 0.1) is 11.3 Å². The predicted molar refractivity (Wildman–Crippen MR) is 90.8 cm³/mol. The van der Waals surface area contributed by atoms with Gasteiger partial charge in [0.25, 0.3) is 0 Å². The highest BCUT2D eigenvalue weighted by molar-refractivity contribution is 6.36. The molecule has 0 bridgehead atoms. The molecule has 0 N–H and O–H groups in total. The fourth-order valence-corrected chi connectivity index (χ4v) is 3.06. The van der Waals surface area contributed by atoms with Crippen molar-refractivity contribution in [1.29, 1.82) is 5.26 Å². The van der Waals surface area contributed by atoms with Gasteiger partial charge in [0.15, 0.2) is 0 Å². The Hall–Kier alpha value is -2.28. The Kier molecular flexibility index (Phi) is 3.66. The lowest BCUT2D eigenvalue weighted by Crippen LogP contribution is -1.95. The van der Waals surface area contributed by atoms with Crippen LogP contribution in [0.1, 0.15) is 5.69 Å². The smallest absolute Gasteiger partial charge is 0.101 e. The quantitative estimate of drug-likeness (QED) is 0.615. The molecule has 5 heteroatoms. The molecule has 2 aromatic carbocycles. The van der Waals surface area contributed by atoms with Crippen LogP contribution < -0.4 is 0 Å². The van der Waals surface area contributed by atoms with Crippen LogP contribution in [0.4, 0.5) is 0 Å². The fourth-order valence-electron chi connectivity index (χ4n) is 2.55. The number of fused-ring (bicyclic) bond motifs is 1. The summed E-state index contributed by atoms with van der Waals surface area (Å²) in [5.41, 5.74) is 3.62. The van der Waals surface area contributed by atoms with Crippen molar-refractivity contribution in [1.82, 2.24) is 9.78 Å². The van der Waals surface area contributed by atoms with Crippen molar-refractivity contribution in [3.8, 4) is 17.2 Å². The molecule has 0 amide bonds.